The fraction of sp³-hybridized carbons (Fsp3) is 0.909. The minimum Gasteiger partial charge on any atom is -0.352 e. The summed E-state index contributed by atoms with van der Waals surface area (Å²) in [6, 6.07) is -0.125. The molecular weight excluding hydrogens is 176 g/mol. The molecule has 82 valence electrons. The fourth-order valence-electron chi connectivity index (χ4n) is 1.42. The maximum atomic E-state index is 11.7. The van der Waals surface area contributed by atoms with Crippen LogP contribution in [-0.2, 0) is 4.79 Å². The molecule has 0 heterocycles. The molecule has 0 aromatic heterocycles. The molecule has 1 aliphatic carbocycles. The minimum absolute atomic E-state index is 0.0168. The molecule has 0 aliphatic heterocycles. The van der Waals surface area contributed by atoms with Crippen molar-refractivity contribution in [3.8, 4) is 0 Å². The minimum atomic E-state index is -0.413. The molecule has 0 spiro atoms. The molecule has 3 N–H and O–H groups in total. The second kappa shape index (κ2) is 3.89. The summed E-state index contributed by atoms with van der Waals surface area (Å²) < 4.78 is 0. The molecule has 1 fully saturated rings. The highest BCUT2D eigenvalue weighted by Gasteiger charge is 2.32. The van der Waals surface area contributed by atoms with Crippen molar-refractivity contribution in [2.45, 2.75) is 52.6 Å². The van der Waals surface area contributed by atoms with E-state index in [1.807, 2.05) is 20.8 Å². The Labute approximate surface area is 86.4 Å². The second-order valence-corrected chi connectivity index (χ2v) is 5.48. The molecule has 14 heavy (non-hydrogen) atoms. The van der Waals surface area contributed by atoms with Crippen LogP contribution >= 0.6 is 0 Å². The topological polar surface area (TPSA) is 55.1 Å². The van der Waals surface area contributed by atoms with Crippen LogP contribution in [0.3, 0.4) is 0 Å². The second-order valence-electron chi connectivity index (χ2n) is 5.48. The molecule has 0 radical (unpaired) electrons. The highest BCUT2D eigenvalue weighted by molar-refractivity contribution is 5.82. The summed E-state index contributed by atoms with van der Waals surface area (Å²) in [5, 5.41) is 2.98. The molecule has 0 aromatic carbocycles. The van der Waals surface area contributed by atoms with Crippen molar-refractivity contribution in [1.29, 1.82) is 0 Å². The number of carbonyl (C=O) groups is 1. The summed E-state index contributed by atoms with van der Waals surface area (Å²) in [6.45, 7) is 8.02. The van der Waals surface area contributed by atoms with Gasteiger partial charge in [-0.05, 0) is 31.1 Å². The molecule has 2 unspecified atom stereocenters. The standard InChI is InChI=1S/C11H22N2O/c1-7(8-5-6-8)13-10(14)9(12)11(2,3)4/h7-9H,5-6,12H2,1-4H3,(H,13,14). The van der Waals surface area contributed by atoms with E-state index >= 15 is 0 Å². The molecular formula is C11H22N2O. The first-order chi connectivity index (χ1) is 6.32. The van der Waals surface area contributed by atoms with Crippen molar-refractivity contribution in [1.82, 2.24) is 5.32 Å². The van der Waals surface area contributed by atoms with Gasteiger partial charge < -0.3 is 11.1 Å². The SMILES string of the molecule is CC(NC(=O)C(N)C(C)(C)C)C1CC1. The third-order valence-electron chi connectivity index (χ3n) is 2.91. The van der Waals surface area contributed by atoms with E-state index in [9.17, 15) is 4.79 Å². The van der Waals surface area contributed by atoms with Crippen LogP contribution in [0.15, 0.2) is 0 Å². The largest absolute Gasteiger partial charge is 0.352 e. The van der Waals surface area contributed by atoms with Gasteiger partial charge in [0.2, 0.25) is 5.91 Å². The van der Waals surface area contributed by atoms with Crippen LogP contribution in [0.1, 0.15) is 40.5 Å². The highest BCUT2D eigenvalue weighted by Crippen LogP contribution is 2.32. The lowest BCUT2D eigenvalue weighted by molar-refractivity contribution is -0.125. The number of carbonyl (C=O) groups excluding carboxylic acids is 1. The van der Waals surface area contributed by atoms with E-state index in [2.05, 4.69) is 12.2 Å². The van der Waals surface area contributed by atoms with E-state index in [1.165, 1.54) is 12.8 Å². The van der Waals surface area contributed by atoms with Gasteiger partial charge in [-0.1, -0.05) is 20.8 Å². The predicted octanol–water partition coefficient (Wildman–Crippen LogP) is 1.27. The van der Waals surface area contributed by atoms with Crippen molar-refractivity contribution in [3.63, 3.8) is 0 Å². The normalized spacial score (nSPS) is 21.5. The first-order valence-corrected chi connectivity index (χ1v) is 5.38. The summed E-state index contributed by atoms with van der Waals surface area (Å²) in [4.78, 5) is 11.7. The molecule has 0 aromatic rings. The maximum absolute atomic E-state index is 11.7. The van der Waals surface area contributed by atoms with Crippen LogP contribution in [0.25, 0.3) is 0 Å². The summed E-state index contributed by atoms with van der Waals surface area (Å²) in [5.41, 5.74) is 5.69. The molecule has 1 saturated carbocycles. The van der Waals surface area contributed by atoms with E-state index < -0.39 is 6.04 Å². The summed E-state index contributed by atoms with van der Waals surface area (Å²) in [6.07, 6.45) is 2.48. The smallest absolute Gasteiger partial charge is 0.237 e. The van der Waals surface area contributed by atoms with Gasteiger partial charge in [0.15, 0.2) is 0 Å². The van der Waals surface area contributed by atoms with Crippen molar-refractivity contribution >= 4 is 5.91 Å². The zero-order valence-corrected chi connectivity index (χ0v) is 9.63. The number of nitrogens with two attached hydrogens (primary N) is 1. The summed E-state index contributed by atoms with van der Waals surface area (Å²) in [7, 11) is 0. The van der Waals surface area contributed by atoms with Crippen LogP contribution in [-0.4, -0.2) is 18.0 Å². The summed E-state index contributed by atoms with van der Waals surface area (Å²) >= 11 is 0. The van der Waals surface area contributed by atoms with Gasteiger partial charge in [-0.3, -0.25) is 4.79 Å². The molecule has 1 rings (SSSR count). The van der Waals surface area contributed by atoms with Gasteiger partial charge in [-0.25, -0.2) is 0 Å². The van der Waals surface area contributed by atoms with E-state index in [0.29, 0.717) is 5.92 Å². The zero-order chi connectivity index (χ0) is 10.9. The predicted molar refractivity (Wildman–Crippen MR) is 57.8 cm³/mol. The number of amides is 1. The first kappa shape index (κ1) is 11.5. The first-order valence-electron chi connectivity index (χ1n) is 5.38. The number of hydrogen-bond acceptors (Lipinski definition) is 2. The molecule has 2 atom stereocenters. The van der Waals surface area contributed by atoms with Crippen molar-refractivity contribution in [2.24, 2.45) is 17.1 Å². The zero-order valence-electron chi connectivity index (χ0n) is 9.63. The Bertz CT molecular complexity index is 216. The Morgan fingerprint density at radius 2 is 1.93 bits per heavy atom. The lowest BCUT2D eigenvalue weighted by atomic mass is 9.87. The van der Waals surface area contributed by atoms with Gasteiger partial charge in [0.1, 0.15) is 0 Å². The van der Waals surface area contributed by atoms with Crippen molar-refractivity contribution in [3.05, 3.63) is 0 Å². The van der Waals surface area contributed by atoms with Crippen molar-refractivity contribution in [2.75, 3.05) is 0 Å². The van der Waals surface area contributed by atoms with E-state index in [4.69, 9.17) is 5.73 Å². The highest BCUT2D eigenvalue weighted by atomic mass is 16.2. The molecule has 3 heteroatoms. The van der Waals surface area contributed by atoms with E-state index in [-0.39, 0.29) is 17.4 Å². The van der Waals surface area contributed by atoms with Crippen LogP contribution < -0.4 is 11.1 Å². The lowest BCUT2D eigenvalue weighted by Crippen LogP contribution is -2.51. The Balaban J connectivity index is 2.40. The monoisotopic (exact) mass is 198 g/mol. The Hall–Kier alpha value is -0.570. The van der Waals surface area contributed by atoms with Crippen LogP contribution in [0.2, 0.25) is 0 Å². The van der Waals surface area contributed by atoms with E-state index in [1.54, 1.807) is 0 Å². The fourth-order valence-corrected chi connectivity index (χ4v) is 1.42. The van der Waals surface area contributed by atoms with Crippen LogP contribution in [0.4, 0.5) is 0 Å². The van der Waals surface area contributed by atoms with Crippen LogP contribution in [0, 0.1) is 11.3 Å². The molecule has 0 bridgehead atoms. The Kier molecular flexibility index (Phi) is 3.20. The van der Waals surface area contributed by atoms with Gasteiger partial charge in [-0.2, -0.15) is 0 Å². The molecule has 1 amide bonds. The van der Waals surface area contributed by atoms with Gasteiger partial charge in [0.05, 0.1) is 6.04 Å². The quantitative estimate of drug-likeness (QED) is 0.717. The summed E-state index contributed by atoms with van der Waals surface area (Å²) in [5.74, 6) is 0.669. The average Bonchev–Trinajstić information content (AvgIpc) is 2.82. The molecule has 3 nitrogen and oxygen atoms in total. The van der Waals surface area contributed by atoms with Gasteiger partial charge in [0, 0.05) is 6.04 Å². The number of nitrogens with one attached hydrogen (secondary N) is 1. The van der Waals surface area contributed by atoms with Crippen molar-refractivity contribution < 1.29 is 4.79 Å². The van der Waals surface area contributed by atoms with E-state index in [0.717, 1.165) is 0 Å². The Morgan fingerprint density at radius 3 is 2.29 bits per heavy atom. The molecule has 1 aliphatic rings. The molecule has 0 saturated heterocycles. The average molecular weight is 198 g/mol. The lowest BCUT2D eigenvalue weighted by Gasteiger charge is -2.27. The third kappa shape index (κ3) is 2.98. The van der Waals surface area contributed by atoms with Gasteiger partial charge in [-0.15, -0.1) is 0 Å². The van der Waals surface area contributed by atoms with Gasteiger partial charge in [0.25, 0.3) is 0 Å². The number of rotatable bonds is 3. The Morgan fingerprint density at radius 1 is 1.43 bits per heavy atom. The number of hydrogen-bond donors (Lipinski definition) is 2. The van der Waals surface area contributed by atoms with Crippen LogP contribution in [0.5, 0.6) is 0 Å². The third-order valence-corrected chi connectivity index (χ3v) is 2.91. The maximum Gasteiger partial charge on any atom is 0.237 e. The van der Waals surface area contributed by atoms with Gasteiger partial charge >= 0.3 is 0 Å².